The van der Waals surface area contributed by atoms with Crippen molar-refractivity contribution in [2.45, 2.75) is 65.6 Å². The number of nitrogens with zero attached hydrogens (tertiary/aromatic N) is 2. The van der Waals surface area contributed by atoms with Crippen LogP contribution in [0.25, 0.3) is 0 Å². The van der Waals surface area contributed by atoms with Gasteiger partial charge in [0.05, 0.1) is 11.9 Å². The number of amides is 2. The van der Waals surface area contributed by atoms with Gasteiger partial charge >= 0.3 is 0 Å². The molecule has 35 heavy (non-hydrogen) atoms. The molecule has 7 nitrogen and oxygen atoms in total. The van der Waals surface area contributed by atoms with Gasteiger partial charge < -0.3 is 10.2 Å². The second-order valence-corrected chi connectivity index (χ2v) is 11.3. The van der Waals surface area contributed by atoms with Crippen molar-refractivity contribution in [3.8, 4) is 0 Å². The molecule has 0 saturated heterocycles. The van der Waals surface area contributed by atoms with Crippen LogP contribution < -0.4 is 9.62 Å². The minimum absolute atomic E-state index is 0.00439. The van der Waals surface area contributed by atoms with Crippen LogP contribution >= 0.6 is 11.6 Å². The number of hydrogen-bond donors (Lipinski definition) is 1. The molecule has 0 heterocycles. The summed E-state index contributed by atoms with van der Waals surface area (Å²) in [5.41, 5.74) is 2.44. The van der Waals surface area contributed by atoms with Crippen molar-refractivity contribution in [3.05, 3.63) is 64.7 Å². The summed E-state index contributed by atoms with van der Waals surface area (Å²) in [4.78, 5) is 27.6. The van der Waals surface area contributed by atoms with Gasteiger partial charge in [-0.2, -0.15) is 0 Å². The zero-order chi connectivity index (χ0) is 26.2. The van der Waals surface area contributed by atoms with Crippen LogP contribution in [0.3, 0.4) is 0 Å². The SMILES string of the molecule is CC[C@@H](C)NC(=O)[C@H](C)N(Cc1ccc(Cl)cc1)C(=O)CCCN(c1ccc(C)cc1)S(C)(=O)=O. The van der Waals surface area contributed by atoms with Crippen LogP contribution in [0, 0.1) is 6.92 Å². The molecule has 0 bridgehead atoms. The first-order valence-electron chi connectivity index (χ1n) is 11.8. The Hall–Kier alpha value is -2.58. The summed E-state index contributed by atoms with van der Waals surface area (Å²) in [7, 11) is -3.52. The molecule has 0 saturated carbocycles. The number of anilines is 1. The molecule has 192 valence electrons. The van der Waals surface area contributed by atoms with Gasteiger partial charge in [0.2, 0.25) is 21.8 Å². The van der Waals surface area contributed by atoms with Crippen molar-refractivity contribution in [1.82, 2.24) is 10.2 Å². The van der Waals surface area contributed by atoms with Crippen LogP contribution in [-0.4, -0.2) is 50.0 Å². The van der Waals surface area contributed by atoms with Crippen LogP contribution in [0.2, 0.25) is 5.02 Å². The zero-order valence-corrected chi connectivity index (χ0v) is 22.7. The summed E-state index contributed by atoms with van der Waals surface area (Å²) < 4.78 is 26.1. The lowest BCUT2D eigenvalue weighted by molar-refractivity contribution is -0.140. The Bertz CT molecular complexity index is 1090. The van der Waals surface area contributed by atoms with Gasteiger partial charge in [-0.05, 0) is 63.4 Å². The molecule has 2 rings (SSSR count). The summed E-state index contributed by atoms with van der Waals surface area (Å²) in [5.74, 6) is -0.441. The van der Waals surface area contributed by atoms with Crippen LogP contribution in [0.1, 0.15) is 51.2 Å². The molecule has 0 unspecified atom stereocenters. The number of rotatable bonds is 12. The fourth-order valence-electron chi connectivity index (χ4n) is 3.55. The van der Waals surface area contributed by atoms with Crippen molar-refractivity contribution in [3.63, 3.8) is 0 Å². The Morgan fingerprint density at radius 2 is 1.63 bits per heavy atom. The molecule has 1 N–H and O–H groups in total. The van der Waals surface area contributed by atoms with Gasteiger partial charge in [0.15, 0.2) is 0 Å². The van der Waals surface area contributed by atoms with E-state index in [9.17, 15) is 18.0 Å². The molecule has 0 aliphatic carbocycles. The fraction of sp³-hybridized carbons (Fsp3) is 0.462. The van der Waals surface area contributed by atoms with Crippen molar-refractivity contribution in [2.75, 3.05) is 17.1 Å². The molecule has 0 fully saturated rings. The average Bonchev–Trinajstić information content (AvgIpc) is 2.80. The number of halogens is 1. The number of nitrogens with one attached hydrogen (secondary N) is 1. The van der Waals surface area contributed by atoms with E-state index in [1.165, 1.54) is 9.21 Å². The highest BCUT2D eigenvalue weighted by atomic mass is 35.5. The lowest BCUT2D eigenvalue weighted by Gasteiger charge is -2.30. The van der Waals surface area contributed by atoms with E-state index in [4.69, 9.17) is 11.6 Å². The Morgan fingerprint density at radius 3 is 2.17 bits per heavy atom. The minimum atomic E-state index is -3.52. The van der Waals surface area contributed by atoms with Crippen LogP contribution in [0.5, 0.6) is 0 Å². The fourth-order valence-corrected chi connectivity index (χ4v) is 4.64. The topological polar surface area (TPSA) is 86.8 Å². The lowest BCUT2D eigenvalue weighted by atomic mass is 10.1. The van der Waals surface area contributed by atoms with Gasteiger partial charge in [-0.3, -0.25) is 13.9 Å². The van der Waals surface area contributed by atoms with E-state index >= 15 is 0 Å². The van der Waals surface area contributed by atoms with Crippen molar-refractivity contribution in [1.29, 1.82) is 0 Å². The summed E-state index contributed by atoms with van der Waals surface area (Å²) in [6.45, 7) is 7.95. The third kappa shape index (κ3) is 8.85. The van der Waals surface area contributed by atoms with Crippen molar-refractivity contribution >= 4 is 39.1 Å². The maximum Gasteiger partial charge on any atom is 0.242 e. The highest BCUT2D eigenvalue weighted by Gasteiger charge is 2.27. The Morgan fingerprint density at radius 1 is 1.03 bits per heavy atom. The van der Waals surface area contributed by atoms with Crippen LogP contribution in [0.4, 0.5) is 5.69 Å². The summed E-state index contributed by atoms with van der Waals surface area (Å²) in [6, 6.07) is 13.7. The zero-order valence-electron chi connectivity index (χ0n) is 21.1. The largest absolute Gasteiger partial charge is 0.352 e. The van der Waals surface area contributed by atoms with E-state index < -0.39 is 16.1 Å². The molecular weight excluding hydrogens is 486 g/mol. The molecular formula is C26H36ClN3O4S. The standard InChI is InChI=1S/C26H36ClN3O4S/c1-6-20(3)28-26(32)21(4)29(18-22-11-13-23(27)14-12-22)25(31)8-7-17-30(35(5,33)34)24-15-9-19(2)10-16-24/h9-16,20-21H,6-8,17-18H2,1-5H3,(H,28,32)/t20-,21+/m1/s1. The third-order valence-electron chi connectivity index (χ3n) is 5.91. The van der Waals surface area contributed by atoms with E-state index in [1.807, 2.05) is 45.0 Å². The van der Waals surface area contributed by atoms with E-state index in [-0.39, 0.29) is 37.4 Å². The second-order valence-electron chi connectivity index (χ2n) is 8.92. The number of aryl methyl sites for hydroxylation is 1. The number of hydrogen-bond acceptors (Lipinski definition) is 4. The average molecular weight is 522 g/mol. The van der Waals surface area contributed by atoms with Gasteiger partial charge in [0.1, 0.15) is 6.04 Å². The highest BCUT2D eigenvalue weighted by molar-refractivity contribution is 7.92. The molecule has 0 radical (unpaired) electrons. The first kappa shape index (κ1) is 28.7. The van der Waals surface area contributed by atoms with Gasteiger partial charge in [-0.25, -0.2) is 8.42 Å². The quantitative estimate of drug-likeness (QED) is 0.444. The molecule has 0 aromatic heterocycles. The Labute approximate surface area is 214 Å². The minimum Gasteiger partial charge on any atom is -0.352 e. The lowest BCUT2D eigenvalue weighted by Crippen LogP contribution is -2.49. The molecule has 2 atom stereocenters. The molecule has 0 spiro atoms. The Balaban J connectivity index is 2.15. The van der Waals surface area contributed by atoms with Gasteiger partial charge in [0, 0.05) is 30.6 Å². The van der Waals surface area contributed by atoms with Gasteiger partial charge in [0.25, 0.3) is 0 Å². The molecule has 9 heteroatoms. The van der Waals surface area contributed by atoms with Gasteiger partial charge in [-0.15, -0.1) is 0 Å². The number of carbonyl (C=O) groups is 2. The van der Waals surface area contributed by atoms with Gasteiger partial charge in [-0.1, -0.05) is 48.4 Å². The smallest absolute Gasteiger partial charge is 0.242 e. The number of carbonyl (C=O) groups excluding carboxylic acids is 2. The molecule has 2 aromatic rings. The van der Waals surface area contributed by atoms with Crippen LogP contribution in [0.15, 0.2) is 48.5 Å². The maximum absolute atomic E-state index is 13.3. The summed E-state index contributed by atoms with van der Waals surface area (Å²) in [5, 5.41) is 3.53. The first-order valence-corrected chi connectivity index (χ1v) is 14.0. The number of benzene rings is 2. The van der Waals surface area contributed by atoms with E-state index in [1.54, 1.807) is 31.2 Å². The molecule has 2 amide bonds. The van der Waals surface area contributed by atoms with E-state index in [0.717, 1.165) is 23.8 Å². The number of sulfonamides is 1. The summed E-state index contributed by atoms with van der Waals surface area (Å²) >= 11 is 5.99. The highest BCUT2D eigenvalue weighted by Crippen LogP contribution is 2.20. The van der Waals surface area contributed by atoms with Crippen molar-refractivity contribution in [2.24, 2.45) is 0 Å². The monoisotopic (exact) mass is 521 g/mol. The predicted molar refractivity (Wildman–Crippen MR) is 142 cm³/mol. The second kappa shape index (κ2) is 12.9. The maximum atomic E-state index is 13.3. The third-order valence-corrected chi connectivity index (χ3v) is 7.35. The van der Waals surface area contributed by atoms with E-state index in [2.05, 4.69) is 5.32 Å². The molecule has 2 aromatic carbocycles. The summed E-state index contributed by atoms with van der Waals surface area (Å²) in [6.07, 6.45) is 2.36. The van der Waals surface area contributed by atoms with Crippen LogP contribution in [-0.2, 0) is 26.2 Å². The molecule has 0 aliphatic heterocycles. The normalized spacial score (nSPS) is 13.1. The van der Waals surface area contributed by atoms with E-state index in [0.29, 0.717) is 17.1 Å². The first-order chi connectivity index (χ1) is 16.4. The molecule has 0 aliphatic rings. The predicted octanol–water partition coefficient (Wildman–Crippen LogP) is 4.53. The Kier molecular flexibility index (Phi) is 10.6. The van der Waals surface area contributed by atoms with Crippen molar-refractivity contribution < 1.29 is 18.0 Å².